The standard InChI is InChI=1S/C13H24N2/c1-10(2)9-15(11(3)4)13-7-5-6-12(13)8-14/h10-13H,5-7,9H2,1-4H3. The smallest absolute Gasteiger partial charge is 0.0672 e. The Morgan fingerprint density at radius 1 is 1.27 bits per heavy atom. The highest BCUT2D eigenvalue weighted by Crippen LogP contribution is 2.31. The molecule has 15 heavy (non-hydrogen) atoms. The van der Waals surface area contributed by atoms with Gasteiger partial charge in [0.25, 0.3) is 0 Å². The second-order valence-corrected chi connectivity index (χ2v) is 5.42. The van der Waals surface area contributed by atoms with E-state index in [0.29, 0.717) is 18.0 Å². The lowest BCUT2D eigenvalue weighted by Crippen LogP contribution is -2.44. The minimum Gasteiger partial charge on any atom is -0.296 e. The van der Waals surface area contributed by atoms with Gasteiger partial charge in [-0.3, -0.25) is 4.90 Å². The molecule has 0 saturated heterocycles. The summed E-state index contributed by atoms with van der Waals surface area (Å²) in [5, 5.41) is 9.12. The molecular weight excluding hydrogens is 184 g/mol. The monoisotopic (exact) mass is 208 g/mol. The van der Waals surface area contributed by atoms with Crippen molar-refractivity contribution in [3.63, 3.8) is 0 Å². The van der Waals surface area contributed by atoms with E-state index in [-0.39, 0.29) is 5.92 Å². The maximum atomic E-state index is 9.12. The maximum Gasteiger partial charge on any atom is 0.0672 e. The predicted octanol–water partition coefficient (Wildman–Crippen LogP) is 3.05. The quantitative estimate of drug-likeness (QED) is 0.710. The van der Waals surface area contributed by atoms with Gasteiger partial charge in [0.2, 0.25) is 0 Å². The SMILES string of the molecule is CC(C)CN(C(C)C)C1CCCC1C#N. The number of rotatable bonds is 4. The number of nitrogens with zero attached hydrogens (tertiary/aromatic N) is 2. The zero-order chi connectivity index (χ0) is 11.4. The van der Waals surface area contributed by atoms with E-state index in [1.54, 1.807) is 0 Å². The first kappa shape index (κ1) is 12.5. The van der Waals surface area contributed by atoms with Crippen molar-refractivity contribution in [3.05, 3.63) is 0 Å². The molecule has 1 saturated carbocycles. The van der Waals surface area contributed by atoms with Crippen molar-refractivity contribution in [3.8, 4) is 6.07 Å². The molecule has 0 aliphatic heterocycles. The summed E-state index contributed by atoms with van der Waals surface area (Å²) >= 11 is 0. The van der Waals surface area contributed by atoms with Crippen LogP contribution in [0.1, 0.15) is 47.0 Å². The Bertz CT molecular complexity index is 227. The zero-order valence-electron chi connectivity index (χ0n) is 10.5. The fourth-order valence-corrected chi connectivity index (χ4v) is 2.64. The molecule has 1 aliphatic carbocycles. The molecule has 1 fully saturated rings. The third kappa shape index (κ3) is 3.21. The van der Waals surface area contributed by atoms with Crippen LogP contribution in [0.4, 0.5) is 0 Å². The van der Waals surface area contributed by atoms with Crippen LogP contribution in [0.2, 0.25) is 0 Å². The van der Waals surface area contributed by atoms with Gasteiger partial charge in [0.15, 0.2) is 0 Å². The Hall–Kier alpha value is -0.550. The van der Waals surface area contributed by atoms with E-state index in [1.807, 2.05) is 0 Å². The molecule has 2 atom stereocenters. The molecule has 86 valence electrons. The molecule has 0 aromatic carbocycles. The first-order chi connectivity index (χ1) is 7.06. The average Bonchev–Trinajstić information content (AvgIpc) is 2.60. The van der Waals surface area contributed by atoms with Crippen molar-refractivity contribution in [2.75, 3.05) is 6.54 Å². The van der Waals surface area contributed by atoms with Crippen molar-refractivity contribution in [2.24, 2.45) is 11.8 Å². The molecule has 2 nitrogen and oxygen atoms in total. The van der Waals surface area contributed by atoms with E-state index >= 15 is 0 Å². The Balaban J connectivity index is 2.67. The second-order valence-electron chi connectivity index (χ2n) is 5.42. The van der Waals surface area contributed by atoms with Gasteiger partial charge in [-0.2, -0.15) is 5.26 Å². The van der Waals surface area contributed by atoms with Crippen LogP contribution in [0.3, 0.4) is 0 Å². The van der Waals surface area contributed by atoms with E-state index < -0.39 is 0 Å². The zero-order valence-corrected chi connectivity index (χ0v) is 10.5. The molecule has 0 radical (unpaired) electrons. The molecule has 1 aliphatic rings. The summed E-state index contributed by atoms with van der Waals surface area (Å²) in [4.78, 5) is 2.53. The summed E-state index contributed by atoms with van der Waals surface area (Å²) in [5.74, 6) is 0.957. The van der Waals surface area contributed by atoms with Crippen molar-refractivity contribution < 1.29 is 0 Å². The molecular formula is C13H24N2. The van der Waals surface area contributed by atoms with Crippen LogP contribution >= 0.6 is 0 Å². The number of hydrogen-bond acceptors (Lipinski definition) is 2. The van der Waals surface area contributed by atoms with E-state index in [1.165, 1.54) is 12.8 Å². The van der Waals surface area contributed by atoms with E-state index in [0.717, 1.165) is 13.0 Å². The highest BCUT2D eigenvalue weighted by Gasteiger charge is 2.33. The topological polar surface area (TPSA) is 27.0 Å². The number of nitriles is 1. The van der Waals surface area contributed by atoms with Gasteiger partial charge < -0.3 is 0 Å². The molecule has 0 aromatic heterocycles. The van der Waals surface area contributed by atoms with Crippen LogP contribution in [0, 0.1) is 23.2 Å². The third-order valence-corrected chi connectivity index (χ3v) is 3.31. The van der Waals surface area contributed by atoms with Crippen molar-refractivity contribution >= 4 is 0 Å². The highest BCUT2D eigenvalue weighted by molar-refractivity contribution is 4.98. The third-order valence-electron chi connectivity index (χ3n) is 3.31. The molecule has 2 unspecified atom stereocenters. The van der Waals surface area contributed by atoms with Gasteiger partial charge >= 0.3 is 0 Å². The lowest BCUT2D eigenvalue weighted by Gasteiger charge is -2.35. The number of hydrogen-bond donors (Lipinski definition) is 0. The van der Waals surface area contributed by atoms with Gasteiger partial charge in [-0.05, 0) is 32.6 Å². The fourth-order valence-electron chi connectivity index (χ4n) is 2.64. The molecule has 2 heteroatoms. The van der Waals surface area contributed by atoms with Gasteiger partial charge in [0, 0.05) is 18.6 Å². The van der Waals surface area contributed by atoms with Gasteiger partial charge in [0.05, 0.1) is 12.0 Å². The Labute approximate surface area is 94.3 Å². The Morgan fingerprint density at radius 2 is 1.93 bits per heavy atom. The highest BCUT2D eigenvalue weighted by atomic mass is 15.2. The van der Waals surface area contributed by atoms with Gasteiger partial charge in [-0.25, -0.2) is 0 Å². The van der Waals surface area contributed by atoms with E-state index in [2.05, 4.69) is 38.7 Å². The average molecular weight is 208 g/mol. The summed E-state index contributed by atoms with van der Waals surface area (Å²) < 4.78 is 0. The van der Waals surface area contributed by atoms with E-state index in [9.17, 15) is 0 Å². The second kappa shape index (κ2) is 5.51. The van der Waals surface area contributed by atoms with E-state index in [4.69, 9.17) is 5.26 Å². The molecule has 0 aromatic rings. The Morgan fingerprint density at radius 3 is 2.40 bits per heavy atom. The fraction of sp³-hybridized carbons (Fsp3) is 0.923. The Kier molecular flexibility index (Phi) is 4.60. The summed E-state index contributed by atoms with van der Waals surface area (Å²) in [6, 6.07) is 3.55. The van der Waals surface area contributed by atoms with Crippen molar-refractivity contribution in [1.29, 1.82) is 5.26 Å². The first-order valence-corrected chi connectivity index (χ1v) is 6.21. The van der Waals surface area contributed by atoms with Crippen molar-refractivity contribution in [1.82, 2.24) is 4.90 Å². The van der Waals surface area contributed by atoms with Crippen LogP contribution in [0.5, 0.6) is 0 Å². The molecule has 0 bridgehead atoms. The molecule has 0 N–H and O–H groups in total. The predicted molar refractivity (Wildman–Crippen MR) is 63.4 cm³/mol. The van der Waals surface area contributed by atoms with Crippen molar-refractivity contribution in [2.45, 2.75) is 59.0 Å². The minimum absolute atomic E-state index is 0.270. The van der Waals surface area contributed by atoms with Gasteiger partial charge in [-0.1, -0.05) is 20.3 Å². The summed E-state index contributed by atoms with van der Waals surface area (Å²) in [7, 11) is 0. The summed E-state index contributed by atoms with van der Waals surface area (Å²) in [5.41, 5.74) is 0. The van der Waals surface area contributed by atoms with Gasteiger partial charge in [0.1, 0.15) is 0 Å². The van der Waals surface area contributed by atoms with Crippen LogP contribution in [-0.2, 0) is 0 Å². The minimum atomic E-state index is 0.270. The van der Waals surface area contributed by atoms with Gasteiger partial charge in [-0.15, -0.1) is 0 Å². The largest absolute Gasteiger partial charge is 0.296 e. The molecule has 0 heterocycles. The van der Waals surface area contributed by atoms with Crippen LogP contribution < -0.4 is 0 Å². The summed E-state index contributed by atoms with van der Waals surface area (Å²) in [6.07, 6.45) is 3.54. The van der Waals surface area contributed by atoms with Crippen LogP contribution in [0.15, 0.2) is 0 Å². The lowest BCUT2D eigenvalue weighted by atomic mass is 10.0. The normalized spacial score (nSPS) is 26.5. The molecule has 0 amide bonds. The summed E-state index contributed by atoms with van der Waals surface area (Å²) in [6.45, 7) is 10.1. The first-order valence-electron chi connectivity index (χ1n) is 6.21. The molecule has 0 spiro atoms. The van der Waals surface area contributed by atoms with Crippen LogP contribution in [0.25, 0.3) is 0 Å². The lowest BCUT2D eigenvalue weighted by molar-refractivity contribution is 0.121. The van der Waals surface area contributed by atoms with Crippen LogP contribution in [-0.4, -0.2) is 23.5 Å². The maximum absolute atomic E-state index is 9.12. The molecule has 1 rings (SSSR count).